The summed E-state index contributed by atoms with van der Waals surface area (Å²) >= 11 is 6.37. The highest BCUT2D eigenvalue weighted by Gasteiger charge is 2.21. The zero-order valence-electron chi connectivity index (χ0n) is 14.5. The largest absolute Gasteiger partial charge is 0.336 e. The molecule has 0 spiro atoms. The van der Waals surface area contributed by atoms with Crippen LogP contribution in [0.25, 0.3) is 22.2 Å². The highest BCUT2D eigenvalue weighted by atomic mass is 35.5. The van der Waals surface area contributed by atoms with E-state index in [2.05, 4.69) is 9.97 Å². The summed E-state index contributed by atoms with van der Waals surface area (Å²) in [7, 11) is 1.78. The van der Waals surface area contributed by atoms with Crippen molar-refractivity contribution in [2.45, 2.75) is 26.3 Å². The van der Waals surface area contributed by atoms with Gasteiger partial charge >= 0.3 is 0 Å². The van der Waals surface area contributed by atoms with Crippen LogP contribution in [-0.2, 0) is 0 Å². The fourth-order valence-electron chi connectivity index (χ4n) is 2.66. The third-order valence-electron chi connectivity index (χ3n) is 4.50. The lowest BCUT2D eigenvalue weighted by Crippen LogP contribution is -2.35. The molecular weight excluding hydrogens is 334 g/mol. The summed E-state index contributed by atoms with van der Waals surface area (Å²) in [4.78, 5) is 23.6. The van der Waals surface area contributed by atoms with E-state index in [1.54, 1.807) is 11.9 Å². The Hall–Kier alpha value is -2.46. The quantitative estimate of drug-likeness (QED) is 0.675. The van der Waals surface area contributed by atoms with Gasteiger partial charge in [-0.15, -0.1) is 0 Å². The molecule has 0 bridgehead atoms. The van der Waals surface area contributed by atoms with Gasteiger partial charge in [0.05, 0.1) is 11.2 Å². The van der Waals surface area contributed by atoms with Crippen molar-refractivity contribution in [1.29, 1.82) is 0 Å². The number of amides is 1. The summed E-state index contributed by atoms with van der Waals surface area (Å²) in [5, 5.41) is 1.47. The van der Waals surface area contributed by atoms with Gasteiger partial charge in [0.1, 0.15) is 0 Å². The Morgan fingerprint density at radius 1 is 1.12 bits per heavy atom. The average Bonchev–Trinajstić information content (AvgIpc) is 2.65. The number of aromatic nitrogens is 2. The van der Waals surface area contributed by atoms with E-state index in [0.717, 1.165) is 22.9 Å². The van der Waals surface area contributed by atoms with E-state index in [0.29, 0.717) is 10.7 Å². The lowest BCUT2D eigenvalue weighted by Gasteiger charge is -2.23. The number of para-hydroxylation sites is 1. The SMILES string of the molecule is CC[C@@H](C)N(C)C(=O)c1nc(-c2ccccc2Cl)c2ccccc2n1. The predicted octanol–water partition coefficient (Wildman–Crippen LogP) is 4.82. The van der Waals surface area contributed by atoms with Gasteiger partial charge in [0.2, 0.25) is 5.82 Å². The van der Waals surface area contributed by atoms with Gasteiger partial charge in [0.25, 0.3) is 5.91 Å². The number of hydrogen-bond acceptors (Lipinski definition) is 3. The van der Waals surface area contributed by atoms with Crippen LogP contribution in [0, 0.1) is 0 Å². The normalized spacial score (nSPS) is 12.2. The molecule has 0 unspecified atom stereocenters. The fourth-order valence-corrected chi connectivity index (χ4v) is 2.89. The van der Waals surface area contributed by atoms with Gasteiger partial charge in [0.15, 0.2) is 0 Å². The van der Waals surface area contributed by atoms with E-state index in [-0.39, 0.29) is 17.8 Å². The van der Waals surface area contributed by atoms with E-state index in [4.69, 9.17) is 11.6 Å². The number of carbonyl (C=O) groups excluding carboxylic acids is 1. The maximum absolute atomic E-state index is 12.8. The van der Waals surface area contributed by atoms with Crippen LogP contribution in [0.1, 0.15) is 30.9 Å². The number of carbonyl (C=O) groups is 1. The fraction of sp³-hybridized carbons (Fsp3) is 0.250. The van der Waals surface area contributed by atoms with Crippen molar-refractivity contribution in [3.63, 3.8) is 0 Å². The van der Waals surface area contributed by atoms with Gasteiger partial charge < -0.3 is 4.90 Å². The maximum atomic E-state index is 12.8. The number of halogens is 1. The van der Waals surface area contributed by atoms with Crippen LogP contribution in [-0.4, -0.2) is 33.9 Å². The minimum absolute atomic E-state index is 0.117. The van der Waals surface area contributed by atoms with Crippen LogP contribution in [0.4, 0.5) is 0 Å². The molecule has 2 aromatic carbocycles. The molecule has 3 rings (SSSR count). The second-order valence-electron chi connectivity index (χ2n) is 6.07. The lowest BCUT2D eigenvalue weighted by molar-refractivity contribution is 0.0728. The molecular formula is C20H20ClN3O. The van der Waals surface area contributed by atoms with Gasteiger partial charge in [-0.25, -0.2) is 9.97 Å². The molecule has 1 heterocycles. The highest BCUT2D eigenvalue weighted by Crippen LogP contribution is 2.31. The van der Waals surface area contributed by atoms with E-state index < -0.39 is 0 Å². The van der Waals surface area contributed by atoms with Gasteiger partial charge in [-0.1, -0.05) is 54.9 Å². The first kappa shape index (κ1) is 17.4. The van der Waals surface area contributed by atoms with Gasteiger partial charge in [-0.2, -0.15) is 0 Å². The first-order valence-corrected chi connectivity index (χ1v) is 8.69. The van der Waals surface area contributed by atoms with Crippen molar-refractivity contribution in [2.24, 2.45) is 0 Å². The van der Waals surface area contributed by atoms with Crippen molar-refractivity contribution in [1.82, 2.24) is 14.9 Å². The molecule has 1 aromatic heterocycles. The lowest BCUT2D eigenvalue weighted by atomic mass is 10.1. The van der Waals surface area contributed by atoms with E-state index in [1.807, 2.05) is 62.4 Å². The minimum atomic E-state index is -0.187. The molecule has 128 valence electrons. The molecule has 0 saturated heterocycles. The Balaban J connectivity index is 2.20. The summed E-state index contributed by atoms with van der Waals surface area (Å²) in [5.41, 5.74) is 2.20. The van der Waals surface area contributed by atoms with E-state index in [9.17, 15) is 4.79 Å². The molecule has 0 fully saturated rings. The summed E-state index contributed by atoms with van der Waals surface area (Å²) in [6.07, 6.45) is 0.868. The molecule has 0 aliphatic heterocycles. The number of hydrogen-bond donors (Lipinski definition) is 0. The zero-order chi connectivity index (χ0) is 18.0. The van der Waals surface area contributed by atoms with E-state index in [1.165, 1.54) is 0 Å². The smallest absolute Gasteiger partial charge is 0.291 e. The van der Waals surface area contributed by atoms with Crippen LogP contribution in [0.3, 0.4) is 0 Å². The maximum Gasteiger partial charge on any atom is 0.291 e. The van der Waals surface area contributed by atoms with Crippen molar-refractivity contribution in [3.8, 4) is 11.3 Å². The van der Waals surface area contributed by atoms with Crippen LogP contribution in [0.5, 0.6) is 0 Å². The van der Waals surface area contributed by atoms with Gasteiger partial charge in [0, 0.05) is 29.1 Å². The van der Waals surface area contributed by atoms with Crippen molar-refractivity contribution in [3.05, 3.63) is 59.4 Å². The molecule has 0 aliphatic carbocycles. The molecule has 25 heavy (non-hydrogen) atoms. The number of fused-ring (bicyclic) bond motifs is 1. The summed E-state index contributed by atoms with van der Waals surface area (Å²) in [6.45, 7) is 4.05. The minimum Gasteiger partial charge on any atom is -0.336 e. The summed E-state index contributed by atoms with van der Waals surface area (Å²) in [6, 6.07) is 15.3. The first-order chi connectivity index (χ1) is 12.0. The molecule has 1 atom stereocenters. The molecule has 3 aromatic rings. The van der Waals surface area contributed by atoms with Gasteiger partial charge in [-0.05, 0) is 25.5 Å². The molecule has 4 nitrogen and oxygen atoms in total. The van der Waals surface area contributed by atoms with Gasteiger partial charge in [-0.3, -0.25) is 4.79 Å². The van der Waals surface area contributed by atoms with Crippen molar-refractivity contribution < 1.29 is 4.79 Å². The second kappa shape index (κ2) is 7.19. The molecule has 0 aliphatic rings. The first-order valence-electron chi connectivity index (χ1n) is 8.31. The average molecular weight is 354 g/mol. The second-order valence-corrected chi connectivity index (χ2v) is 6.47. The Morgan fingerprint density at radius 3 is 2.52 bits per heavy atom. The van der Waals surface area contributed by atoms with Crippen LogP contribution in [0.15, 0.2) is 48.5 Å². The molecule has 0 N–H and O–H groups in total. The predicted molar refractivity (Wildman–Crippen MR) is 102 cm³/mol. The summed E-state index contributed by atoms with van der Waals surface area (Å²) < 4.78 is 0. The topological polar surface area (TPSA) is 46.1 Å². The van der Waals surface area contributed by atoms with Crippen LogP contribution < -0.4 is 0 Å². The molecule has 0 radical (unpaired) electrons. The zero-order valence-corrected chi connectivity index (χ0v) is 15.3. The van der Waals surface area contributed by atoms with Crippen molar-refractivity contribution >= 4 is 28.4 Å². The number of nitrogens with zero attached hydrogens (tertiary/aromatic N) is 3. The summed E-state index contributed by atoms with van der Waals surface area (Å²) in [5.74, 6) is 0.00447. The third kappa shape index (κ3) is 3.35. The number of benzene rings is 2. The Bertz CT molecular complexity index is 926. The Kier molecular flexibility index (Phi) is 5.00. The van der Waals surface area contributed by atoms with Crippen molar-refractivity contribution in [2.75, 3.05) is 7.05 Å². The van der Waals surface area contributed by atoms with E-state index >= 15 is 0 Å². The molecule has 5 heteroatoms. The molecule has 1 amide bonds. The standard InChI is InChI=1S/C20H20ClN3O/c1-4-13(2)24(3)20(25)19-22-17-12-8-6-10-15(17)18(23-19)14-9-5-7-11-16(14)21/h5-13H,4H2,1-3H3/t13-/m1/s1. The highest BCUT2D eigenvalue weighted by molar-refractivity contribution is 6.33. The third-order valence-corrected chi connectivity index (χ3v) is 4.83. The Morgan fingerprint density at radius 2 is 1.80 bits per heavy atom. The number of rotatable bonds is 4. The monoisotopic (exact) mass is 353 g/mol. The molecule has 0 saturated carbocycles. The Labute approximate surface area is 152 Å². The van der Waals surface area contributed by atoms with Crippen LogP contribution >= 0.6 is 11.6 Å². The van der Waals surface area contributed by atoms with Crippen LogP contribution in [0.2, 0.25) is 5.02 Å².